The molecule has 0 unspecified atom stereocenters. The minimum absolute atomic E-state index is 0.0126. The maximum atomic E-state index is 15.7. The molecule has 2 N–H and O–H groups in total. The Kier molecular flexibility index (Phi) is 16.2. The fraction of sp³-hybridized carbons (Fsp3) is 0.317. The molecule has 9 rings (SSSR count). The van der Waals surface area contributed by atoms with Crippen LogP contribution in [-0.4, -0.2) is 63.3 Å². The van der Waals surface area contributed by atoms with Gasteiger partial charge < -0.3 is 34.2 Å². The first-order chi connectivity index (χ1) is 36.2. The average molecular weight is 999 g/mol. The van der Waals surface area contributed by atoms with Crippen molar-refractivity contribution in [3.05, 3.63) is 207 Å². The number of non-ortho nitro benzene ring substituents is 1. The third kappa shape index (κ3) is 10.8. The maximum absolute atomic E-state index is 15.7. The highest BCUT2D eigenvalue weighted by atomic mass is 19.1. The Balaban J connectivity index is 1.26. The number of ether oxygens (including phenoxy) is 3. The van der Waals surface area contributed by atoms with Crippen molar-refractivity contribution in [2.24, 2.45) is 22.9 Å². The third-order valence-corrected chi connectivity index (χ3v) is 14.7. The molecule has 0 radical (unpaired) electrons. The number of nitro benzene ring substituents is 1. The molecular weight excluding hydrogens is 940 g/mol. The Morgan fingerprint density at radius 2 is 1.64 bits per heavy atom. The monoisotopic (exact) mass is 998 g/mol. The normalized spacial score (nSPS) is 21.1. The first kappa shape index (κ1) is 51.2. The van der Waals surface area contributed by atoms with Gasteiger partial charge in [-0.3, -0.25) is 14.9 Å². The number of hydrogen-bond acceptors (Lipinski definition) is 11. The Morgan fingerprint density at radius 1 is 0.905 bits per heavy atom. The molecule has 1 aliphatic heterocycles. The van der Waals surface area contributed by atoms with Crippen molar-refractivity contribution < 1.29 is 43.4 Å². The summed E-state index contributed by atoms with van der Waals surface area (Å²) >= 11 is 0. The van der Waals surface area contributed by atoms with Gasteiger partial charge in [0.25, 0.3) is 11.6 Å². The van der Waals surface area contributed by atoms with Crippen molar-refractivity contribution in [1.82, 2.24) is 4.90 Å². The van der Waals surface area contributed by atoms with Gasteiger partial charge in [0.1, 0.15) is 36.6 Å². The molecule has 74 heavy (non-hydrogen) atoms. The molecule has 1 saturated carbocycles. The molecule has 14 heteroatoms. The van der Waals surface area contributed by atoms with Crippen LogP contribution in [0.25, 0.3) is 10.8 Å². The first-order valence-electron chi connectivity index (χ1n) is 25.2. The summed E-state index contributed by atoms with van der Waals surface area (Å²) in [5.74, 6) is -2.51. The minimum atomic E-state index is -1.61. The number of nitro groups is 1. The molecule has 380 valence electrons. The number of nitrogens with zero attached hydrogens (tertiary/aromatic N) is 4. The molecule has 13 nitrogen and oxygen atoms in total. The summed E-state index contributed by atoms with van der Waals surface area (Å²) in [6.45, 7) is 4.25. The summed E-state index contributed by atoms with van der Waals surface area (Å²) in [7, 11) is 0. The molecule has 0 aromatic heterocycles. The molecule has 0 bridgehead atoms. The second kappa shape index (κ2) is 23.4. The van der Waals surface area contributed by atoms with E-state index in [0.29, 0.717) is 65.1 Å². The second-order valence-electron chi connectivity index (χ2n) is 19.1. The molecule has 6 aromatic rings. The number of rotatable bonds is 22. The number of allylic oxidation sites excluding steroid dienone is 1. The van der Waals surface area contributed by atoms with Crippen LogP contribution in [0.4, 0.5) is 10.1 Å². The van der Waals surface area contributed by atoms with E-state index in [9.17, 15) is 30.0 Å². The van der Waals surface area contributed by atoms with Crippen molar-refractivity contribution in [1.29, 1.82) is 5.26 Å². The van der Waals surface area contributed by atoms with Gasteiger partial charge in [0.15, 0.2) is 0 Å². The fourth-order valence-electron chi connectivity index (χ4n) is 11.2. The Bertz CT molecular complexity index is 3080. The fourth-order valence-corrected chi connectivity index (χ4v) is 11.2. The van der Waals surface area contributed by atoms with Gasteiger partial charge in [-0.2, -0.15) is 5.26 Å². The number of aliphatic hydroxyl groups excluding tert-OH is 2. The average Bonchev–Trinajstić information content (AvgIpc) is 3.46. The molecule has 3 aliphatic rings. The van der Waals surface area contributed by atoms with Gasteiger partial charge in [-0.05, 0) is 126 Å². The van der Waals surface area contributed by atoms with Gasteiger partial charge >= 0.3 is 0 Å². The van der Waals surface area contributed by atoms with Gasteiger partial charge in [0.05, 0.1) is 34.8 Å². The molecule has 1 fully saturated rings. The van der Waals surface area contributed by atoms with Crippen LogP contribution in [0.5, 0.6) is 11.5 Å². The lowest BCUT2D eigenvalue weighted by Gasteiger charge is -2.60. The number of nitriles is 1. The van der Waals surface area contributed by atoms with E-state index in [2.05, 4.69) is 18.7 Å². The van der Waals surface area contributed by atoms with Crippen LogP contribution in [0.15, 0.2) is 163 Å². The quantitative estimate of drug-likeness (QED) is 0.0288. The zero-order valence-electron chi connectivity index (χ0n) is 41.1. The zero-order valence-corrected chi connectivity index (χ0v) is 41.1. The third-order valence-electron chi connectivity index (χ3n) is 14.7. The van der Waals surface area contributed by atoms with Crippen LogP contribution in [-0.2, 0) is 29.3 Å². The number of unbranched alkanes of at least 4 members (excludes halogenated alkanes) is 2. The summed E-state index contributed by atoms with van der Waals surface area (Å²) in [6.07, 6.45) is 8.04. The van der Waals surface area contributed by atoms with Gasteiger partial charge in [0.2, 0.25) is 5.79 Å². The number of carbonyl (C=O) groups is 1. The number of aliphatic hydroxyl groups is 2. The van der Waals surface area contributed by atoms with Gasteiger partial charge in [-0.1, -0.05) is 90.8 Å². The Morgan fingerprint density at radius 3 is 2.38 bits per heavy atom. The number of benzene rings is 6. The van der Waals surface area contributed by atoms with E-state index in [1.54, 1.807) is 71.6 Å². The Hall–Kier alpha value is -7.70. The molecule has 1 heterocycles. The van der Waals surface area contributed by atoms with Crippen LogP contribution < -0.4 is 9.47 Å². The molecule has 6 aromatic carbocycles. The summed E-state index contributed by atoms with van der Waals surface area (Å²) < 4.78 is 36.1. The van der Waals surface area contributed by atoms with Crippen molar-refractivity contribution in [2.45, 2.75) is 82.5 Å². The SMILES string of the molecule is C=CCO[C@@]12Oc3ccc(OCc4ccccc4F)cc3[C@H]3[C@H](CCCCO)[C@@H](CCCCO)C=C(C(=NOCc4ccc([N+](=O)[O-])cc4)C[C@@H]1N(Cc1cccc4ccccc14)C(=O)c1ccc(C#N)cc1)[C@H]32. The standard InChI is InChI=1S/C60H59FN4O9/c1-2-32-72-60-56(64(59(68)43-24-20-40(36-62)21-25-43)37-45-16-11-15-42-12-3-5-17-49(42)45)35-54(63-73-38-41-22-26-47(27-23-41)65(69)70)51-33-44(13-7-9-30-66)50(18-8-10-31-67)57(58(51)60)52-34-48(28-29-55(52)74-60)71-39-46-14-4-6-19-53(46)61/h2-6,11-12,14-17,19-29,33-34,44,50,56-58,66-67H,1,7-10,13,18,30-32,35,37-39H2/t44-,50+,56-,57+,58+,60+/m0/s1. The number of carbonyl (C=O) groups excluding carboxylic acids is 1. The molecule has 6 atom stereocenters. The van der Waals surface area contributed by atoms with Crippen molar-refractivity contribution in [3.8, 4) is 17.6 Å². The molecule has 1 amide bonds. The van der Waals surface area contributed by atoms with E-state index in [4.69, 9.17) is 24.2 Å². The topological polar surface area (TPSA) is 177 Å². The maximum Gasteiger partial charge on any atom is 0.269 e. The largest absolute Gasteiger partial charge is 0.489 e. The number of fused-ring (bicyclic) bond motifs is 3. The summed E-state index contributed by atoms with van der Waals surface area (Å²) in [5.41, 5.74) is 4.81. The van der Waals surface area contributed by atoms with E-state index in [1.807, 2.05) is 54.6 Å². The van der Waals surface area contributed by atoms with Crippen molar-refractivity contribution in [2.75, 3.05) is 19.8 Å². The highest BCUT2D eigenvalue weighted by Gasteiger charge is 2.65. The van der Waals surface area contributed by atoms with Crippen LogP contribution in [0, 0.1) is 45.0 Å². The predicted molar refractivity (Wildman–Crippen MR) is 279 cm³/mol. The van der Waals surface area contributed by atoms with E-state index in [0.717, 1.165) is 40.3 Å². The molecular formula is C60H59FN4O9. The van der Waals surface area contributed by atoms with E-state index >= 15 is 4.79 Å². The lowest BCUT2D eigenvalue weighted by molar-refractivity contribution is -0.384. The minimum Gasteiger partial charge on any atom is -0.489 e. The lowest BCUT2D eigenvalue weighted by Crippen LogP contribution is -2.70. The predicted octanol–water partition coefficient (Wildman–Crippen LogP) is 11.5. The van der Waals surface area contributed by atoms with Gasteiger partial charge in [-0.25, -0.2) is 4.39 Å². The van der Waals surface area contributed by atoms with E-state index in [-0.39, 0.29) is 81.2 Å². The van der Waals surface area contributed by atoms with Crippen molar-refractivity contribution in [3.63, 3.8) is 0 Å². The Labute approximate surface area is 429 Å². The highest BCUT2D eigenvalue weighted by Crippen LogP contribution is 2.62. The number of hydrogen-bond donors (Lipinski definition) is 2. The highest BCUT2D eigenvalue weighted by molar-refractivity contribution is 6.03. The number of halogens is 1. The second-order valence-corrected chi connectivity index (χ2v) is 19.1. The van der Waals surface area contributed by atoms with E-state index in [1.165, 1.54) is 18.2 Å². The smallest absolute Gasteiger partial charge is 0.269 e. The van der Waals surface area contributed by atoms with Crippen LogP contribution in [0.3, 0.4) is 0 Å². The van der Waals surface area contributed by atoms with E-state index < -0.39 is 22.7 Å². The summed E-state index contributed by atoms with van der Waals surface area (Å²) in [5, 5.41) is 48.4. The zero-order chi connectivity index (χ0) is 51.6. The molecule has 0 saturated heterocycles. The van der Waals surface area contributed by atoms with Crippen LogP contribution in [0.1, 0.15) is 89.0 Å². The summed E-state index contributed by atoms with van der Waals surface area (Å²) in [4.78, 5) is 34.9. The number of oxime groups is 1. The summed E-state index contributed by atoms with van der Waals surface area (Å²) in [6, 6.07) is 40.0. The van der Waals surface area contributed by atoms with Crippen LogP contribution >= 0.6 is 0 Å². The molecule has 2 aliphatic carbocycles. The number of amides is 1. The molecule has 0 spiro atoms. The van der Waals surface area contributed by atoms with Gasteiger partial charge in [-0.15, -0.1) is 6.58 Å². The lowest BCUT2D eigenvalue weighted by atomic mass is 9.55. The van der Waals surface area contributed by atoms with Crippen molar-refractivity contribution >= 4 is 28.1 Å². The first-order valence-corrected chi connectivity index (χ1v) is 25.2. The van der Waals surface area contributed by atoms with Gasteiger partial charge in [0, 0.05) is 60.9 Å². The van der Waals surface area contributed by atoms with Crippen LogP contribution in [0.2, 0.25) is 0 Å².